The number of carbonyl (C=O) groups is 1. The largest absolute Gasteiger partial charge is 0.383 e. The number of ether oxygens (including phenoxy) is 1. The molecule has 3 N–H and O–H groups in total. The van der Waals surface area contributed by atoms with E-state index in [1.54, 1.807) is 12.5 Å². The van der Waals surface area contributed by atoms with Crippen molar-refractivity contribution < 1.29 is 9.53 Å². The minimum Gasteiger partial charge on any atom is -0.383 e. The highest BCUT2D eigenvalue weighted by Crippen LogP contribution is 2.10. The van der Waals surface area contributed by atoms with Gasteiger partial charge in [-0.1, -0.05) is 6.92 Å². The predicted octanol–water partition coefficient (Wildman–Crippen LogP) is 0.799. The smallest absolute Gasteiger partial charge is 0.271 e. The van der Waals surface area contributed by atoms with Crippen LogP contribution in [0.4, 0.5) is 0 Å². The topological polar surface area (TPSA) is 77.2 Å². The van der Waals surface area contributed by atoms with Gasteiger partial charge in [0.05, 0.1) is 17.7 Å². The molecule has 0 radical (unpaired) electrons. The maximum absolute atomic E-state index is 11.9. The Labute approximate surface area is 105 Å². The first-order valence-electron chi connectivity index (χ1n) is 5.65. The Hall–Kier alpha value is -0.980. The summed E-state index contributed by atoms with van der Waals surface area (Å²) in [6, 6.07) is 0.0344. The number of nitrogens with two attached hydrogens (primary N) is 1. The van der Waals surface area contributed by atoms with Crippen molar-refractivity contribution in [2.24, 2.45) is 5.73 Å². The summed E-state index contributed by atoms with van der Waals surface area (Å²) in [4.78, 5) is 16.1. The second-order valence-corrected chi connectivity index (χ2v) is 4.64. The normalized spacial score (nSPS) is 12.4. The van der Waals surface area contributed by atoms with Crippen molar-refractivity contribution in [3.63, 3.8) is 0 Å². The lowest BCUT2D eigenvalue weighted by molar-refractivity contribution is 0.0890. The number of hydrogen-bond donors (Lipinski definition) is 2. The minimum absolute atomic E-state index is 0.0344. The Bertz CT molecular complexity index is 354. The molecular weight excluding hydrogens is 238 g/mol. The van der Waals surface area contributed by atoms with Crippen molar-refractivity contribution in [3.8, 4) is 0 Å². The molecule has 6 heteroatoms. The van der Waals surface area contributed by atoms with Crippen molar-refractivity contribution in [1.82, 2.24) is 10.3 Å². The maximum atomic E-state index is 11.9. The average molecular weight is 257 g/mol. The lowest BCUT2D eigenvalue weighted by atomic mass is 10.2. The van der Waals surface area contributed by atoms with Crippen LogP contribution in [0.1, 0.15) is 28.8 Å². The number of methoxy groups -OCH3 is 1. The Morgan fingerprint density at radius 3 is 3.06 bits per heavy atom. The minimum atomic E-state index is -0.145. The molecule has 0 fully saturated rings. The Morgan fingerprint density at radius 2 is 2.47 bits per heavy atom. The zero-order chi connectivity index (χ0) is 12.7. The van der Waals surface area contributed by atoms with Gasteiger partial charge in [0.1, 0.15) is 5.69 Å². The van der Waals surface area contributed by atoms with Gasteiger partial charge in [-0.3, -0.25) is 4.79 Å². The lowest BCUT2D eigenvalue weighted by Crippen LogP contribution is -2.37. The molecule has 96 valence electrons. The molecule has 1 aromatic heterocycles. The van der Waals surface area contributed by atoms with Crippen molar-refractivity contribution in [2.45, 2.75) is 25.8 Å². The van der Waals surface area contributed by atoms with Gasteiger partial charge in [-0.2, -0.15) is 0 Å². The van der Waals surface area contributed by atoms with Crippen molar-refractivity contribution >= 4 is 17.2 Å². The number of carbonyl (C=O) groups excluding carboxylic acids is 1. The molecule has 1 amide bonds. The van der Waals surface area contributed by atoms with E-state index in [2.05, 4.69) is 10.3 Å². The van der Waals surface area contributed by atoms with Crippen LogP contribution < -0.4 is 11.1 Å². The standard InChI is InChI=1S/C11H19N3O2S/c1-3-8(6-16-2)13-11(15)9-7-17-10(14-9)4-5-12/h7-8H,3-6,12H2,1-2H3,(H,13,15). The molecule has 0 aliphatic heterocycles. The first-order valence-corrected chi connectivity index (χ1v) is 6.53. The van der Waals surface area contributed by atoms with Gasteiger partial charge in [0, 0.05) is 18.9 Å². The summed E-state index contributed by atoms with van der Waals surface area (Å²) in [7, 11) is 1.62. The molecule has 0 aliphatic carbocycles. The fraction of sp³-hybridized carbons (Fsp3) is 0.636. The van der Waals surface area contributed by atoms with E-state index in [9.17, 15) is 4.79 Å². The average Bonchev–Trinajstić information content (AvgIpc) is 2.77. The predicted molar refractivity (Wildman–Crippen MR) is 68.3 cm³/mol. The first-order chi connectivity index (χ1) is 8.21. The summed E-state index contributed by atoms with van der Waals surface area (Å²) >= 11 is 1.47. The highest BCUT2D eigenvalue weighted by atomic mass is 32.1. The summed E-state index contributed by atoms with van der Waals surface area (Å²) in [6.07, 6.45) is 1.55. The zero-order valence-electron chi connectivity index (χ0n) is 10.2. The van der Waals surface area contributed by atoms with Crippen molar-refractivity contribution in [2.75, 3.05) is 20.3 Å². The molecule has 1 atom stereocenters. The van der Waals surface area contributed by atoms with Gasteiger partial charge in [-0.15, -0.1) is 11.3 Å². The van der Waals surface area contributed by atoms with Crippen LogP contribution in [0, 0.1) is 0 Å². The van der Waals surface area contributed by atoms with E-state index in [4.69, 9.17) is 10.5 Å². The number of aromatic nitrogens is 1. The van der Waals surface area contributed by atoms with Gasteiger partial charge in [0.2, 0.25) is 0 Å². The third kappa shape index (κ3) is 4.41. The van der Waals surface area contributed by atoms with Crippen molar-refractivity contribution in [3.05, 3.63) is 16.1 Å². The van der Waals surface area contributed by atoms with E-state index in [1.807, 2.05) is 6.92 Å². The molecule has 17 heavy (non-hydrogen) atoms. The second-order valence-electron chi connectivity index (χ2n) is 3.70. The van der Waals surface area contributed by atoms with E-state index in [0.29, 0.717) is 25.3 Å². The van der Waals surface area contributed by atoms with Gasteiger partial charge in [-0.25, -0.2) is 4.98 Å². The number of amides is 1. The Balaban J connectivity index is 2.55. The van der Waals surface area contributed by atoms with Crippen LogP contribution in [-0.2, 0) is 11.2 Å². The molecule has 1 rings (SSSR count). The van der Waals surface area contributed by atoms with E-state index in [0.717, 1.165) is 11.4 Å². The van der Waals surface area contributed by atoms with Crippen LogP contribution in [-0.4, -0.2) is 37.2 Å². The van der Waals surface area contributed by atoms with E-state index in [-0.39, 0.29) is 11.9 Å². The van der Waals surface area contributed by atoms with Gasteiger partial charge in [0.15, 0.2) is 0 Å². The quantitative estimate of drug-likeness (QED) is 0.757. The summed E-state index contributed by atoms with van der Waals surface area (Å²) < 4.78 is 5.03. The molecule has 0 saturated carbocycles. The number of hydrogen-bond acceptors (Lipinski definition) is 5. The number of nitrogens with one attached hydrogen (secondary N) is 1. The summed E-state index contributed by atoms with van der Waals surface area (Å²) in [5.41, 5.74) is 5.90. The van der Waals surface area contributed by atoms with Crippen molar-refractivity contribution in [1.29, 1.82) is 0 Å². The summed E-state index contributed by atoms with van der Waals surface area (Å²) in [5.74, 6) is -0.145. The van der Waals surface area contributed by atoms with E-state index in [1.165, 1.54) is 11.3 Å². The van der Waals surface area contributed by atoms with Crippen LogP contribution in [0.25, 0.3) is 0 Å². The number of rotatable bonds is 7. The fourth-order valence-electron chi connectivity index (χ4n) is 1.38. The van der Waals surface area contributed by atoms with Gasteiger partial charge >= 0.3 is 0 Å². The van der Waals surface area contributed by atoms with Gasteiger partial charge in [-0.05, 0) is 13.0 Å². The number of thiazole rings is 1. The molecule has 1 unspecified atom stereocenters. The summed E-state index contributed by atoms with van der Waals surface area (Å²) in [6.45, 7) is 3.07. The Morgan fingerprint density at radius 1 is 1.71 bits per heavy atom. The third-order valence-corrected chi connectivity index (χ3v) is 3.25. The maximum Gasteiger partial charge on any atom is 0.271 e. The van der Waals surface area contributed by atoms with Gasteiger partial charge < -0.3 is 15.8 Å². The third-order valence-electron chi connectivity index (χ3n) is 2.34. The molecule has 0 bridgehead atoms. The number of nitrogens with zero attached hydrogens (tertiary/aromatic N) is 1. The van der Waals surface area contributed by atoms with Crippen LogP contribution in [0.5, 0.6) is 0 Å². The van der Waals surface area contributed by atoms with Crippen LogP contribution in [0.15, 0.2) is 5.38 Å². The first kappa shape index (κ1) is 14.1. The van der Waals surface area contributed by atoms with E-state index >= 15 is 0 Å². The molecule has 1 aromatic rings. The lowest BCUT2D eigenvalue weighted by Gasteiger charge is -2.14. The summed E-state index contributed by atoms with van der Waals surface area (Å²) in [5, 5.41) is 5.55. The molecule has 0 spiro atoms. The highest BCUT2D eigenvalue weighted by molar-refractivity contribution is 7.09. The molecular formula is C11H19N3O2S. The molecule has 1 heterocycles. The Kier molecular flexibility index (Phi) is 6.10. The fourth-order valence-corrected chi connectivity index (χ4v) is 2.17. The van der Waals surface area contributed by atoms with Crippen LogP contribution in [0.3, 0.4) is 0 Å². The highest BCUT2D eigenvalue weighted by Gasteiger charge is 2.14. The zero-order valence-corrected chi connectivity index (χ0v) is 11.0. The SMILES string of the molecule is CCC(COC)NC(=O)c1csc(CCN)n1. The second kappa shape index (κ2) is 7.37. The molecule has 0 aromatic carbocycles. The monoisotopic (exact) mass is 257 g/mol. The molecule has 0 aliphatic rings. The van der Waals surface area contributed by atoms with Crippen LogP contribution in [0.2, 0.25) is 0 Å². The molecule has 5 nitrogen and oxygen atoms in total. The van der Waals surface area contributed by atoms with Gasteiger partial charge in [0.25, 0.3) is 5.91 Å². The van der Waals surface area contributed by atoms with Crippen LogP contribution >= 0.6 is 11.3 Å². The molecule has 0 saturated heterocycles. The van der Waals surface area contributed by atoms with E-state index < -0.39 is 0 Å².